The molecule has 1 fully saturated rings. The molecule has 2 aromatic rings. The first-order valence-electron chi connectivity index (χ1n) is 7.14. The van der Waals surface area contributed by atoms with Crippen molar-refractivity contribution in [3.63, 3.8) is 0 Å². The minimum absolute atomic E-state index is 0.0167. The number of benzene rings is 1. The first-order valence-corrected chi connectivity index (χ1v) is 7.96. The van der Waals surface area contributed by atoms with Crippen molar-refractivity contribution in [2.45, 2.75) is 42.7 Å². The zero-order valence-corrected chi connectivity index (χ0v) is 13.0. The van der Waals surface area contributed by atoms with E-state index in [4.69, 9.17) is 0 Å². The van der Waals surface area contributed by atoms with Gasteiger partial charge in [0, 0.05) is 17.1 Å². The summed E-state index contributed by atoms with van der Waals surface area (Å²) in [4.78, 5) is 17.7. The van der Waals surface area contributed by atoms with Crippen molar-refractivity contribution < 1.29 is 4.79 Å². The summed E-state index contributed by atoms with van der Waals surface area (Å²) < 4.78 is 0. The van der Waals surface area contributed by atoms with Gasteiger partial charge in [-0.05, 0) is 62.1 Å². The Labute approximate surface area is 129 Å². The molecule has 0 unspecified atom stereocenters. The normalized spacial score (nSPS) is 14.0. The molecule has 1 heterocycles. The van der Waals surface area contributed by atoms with Gasteiger partial charge in [0.25, 0.3) is 5.91 Å². The predicted octanol–water partition coefficient (Wildman–Crippen LogP) is 3.74. The Morgan fingerprint density at radius 2 is 2.05 bits per heavy atom. The molecule has 0 saturated heterocycles. The zero-order valence-electron chi connectivity index (χ0n) is 12.2. The number of pyridine rings is 1. The molecule has 1 N–H and O–H groups in total. The molecule has 0 bridgehead atoms. The maximum absolute atomic E-state index is 12.3. The number of nitrogens with one attached hydrogen (secondary N) is 1. The van der Waals surface area contributed by atoms with E-state index in [1.807, 2.05) is 12.1 Å². The van der Waals surface area contributed by atoms with Crippen molar-refractivity contribution in [3.05, 3.63) is 53.2 Å². The van der Waals surface area contributed by atoms with E-state index in [9.17, 15) is 4.79 Å². The summed E-state index contributed by atoms with van der Waals surface area (Å²) in [5.41, 5.74) is 3.18. The second-order valence-corrected chi connectivity index (χ2v) is 6.51. The number of rotatable bonds is 4. The quantitative estimate of drug-likeness (QED) is 0.935. The highest BCUT2D eigenvalue weighted by Gasteiger charge is 2.25. The molecule has 21 heavy (non-hydrogen) atoms. The first-order chi connectivity index (χ1) is 10.1. The van der Waals surface area contributed by atoms with Gasteiger partial charge in [0.2, 0.25) is 0 Å². The fraction of sp³-hybridized carbons (Fsp3) is 0.294. The highest BCUT2D eigenvalue weighted by Crippen LogP contribution is 2.30. The van der Waals surface area contributed by atoms with Crippen LogP contribution in [0, 0.1) is 13.8 Å². The monoisotopic (exact) mass is 298 g/mol. The van der Waals surface area contributed by atoms with Crippen molar-refractivity contribution >= 4 is 17.7 Å². The van der Waals surface area contributed by atoms with Crippen LogP contribution in [0.15, 0.2) is 46.5 Å². The molecule has 1 aromatic carbocycles. The summed E-state index contributed by atoms with van der Waals surface area (Å²) in [6.07, 6.45) is 3.91. The number of hydrogen-bond donors (Lipinski definition) is 1. The second-order valence-electron chi connectivity index (χ2n) is 5.45. The smallest absolute Gasteiger partial charge is 0.254 e. The van der Waals surface area contributed by atoms with E-state index in [2.05, 4.69) is 42.3 Å². The zero-order chi connectivity index (χ0) is 14.8. The van der Waals surface area contributed by atoms with Crippen molar-refractivity contribution in [1.29, 1.82) is 0 Å². The first kappa shape index (κ1) is 14.1. The van der Waals surface area contributed by atoms with Gasteiger partial charge in [0.1, 0.15) is 5.03 Å². The van der Waals surface area contributed by atoms with Gasteiger partial charge >= 0.3 is 0 Å². The third-order valence-electron chi connectivity index (χ3n) is 3.62. The predicted molar refractivity (Wildman–Crippen MR) is 84.8 cm³/mol. The summed E-state index contributed by atoms with van der Waals surface area (Å²) in [6, 6.07) is 10.3. The van der Waals surface area contributed by atoms with E-state index in [0.29, 0.717) is 11.6 Å². The summed E-state index contributed by atoms with van der Waals surface area (Å²) >= 11 is 1.54. The standard InChI is InChI=1S/C17H18N2OS/c1-11-5-8-14(10-12(11)2)21-17-15(4-3-9-18-17)16(20)19-13-6-7-13/h3-5,8-10,13H,6-7H2,1-2H3,(H,19,20). The Morgan fingerprint density at radius 1 is 1.24 bits per heavy atom. The minimum Gasteiger partial charge on any atom is -0.349 e. The number of aromatic nitrogens is 1. The molecule has 1 saturated carbocycles. The van der Waals surface area contributed by atoms with E-state index in [1.54, 1.807) is 18.0 Å². The maximum atomic E-state index is 12.3. The van der Waals surface area contributed by atoms with Crippen molar-refractivity contribution in [1.82, 2.24) is 10.3 Å². The second kappa shape index (κ2) is 5.90. The minimum atomic E-state index is -0.0167. The van der Waals surface area contributed by atoms with Crippen LogP contribution in [0.3, 0.4) is 0 Å². The third kappa shape index (κ3) is 3.45. The highest BCUT2D eigenvalue weighted by molar-refractivity contribution is 7.99. The molecule has 3 rings (SSSR count). The third-order valence-corrected chi connectivity index (χ3v) is 4.63. The molecular weight excluding hydrogens is 280 g/mol. The highest BCUT2D eigenvalue weighted by atomic mass is 32.2. The lowest BCUT2D eigenvalue weighted by molar-refractivity contribution is 0.0947. The van der Waals surface area contributed by atoms with E-state index in [0.717, 1.165) is 22.8 Å². The lowest BCUT2D eigenvalue weighted by Crippen LogP contribution is -2.26. The van der Waals surface area contributed by atoms with Crippen LogP contribution in [0.1, 0.15) is 34.3 Å². The van der Waals surface area contributed by atoms with E-state index in [-0.39, 0.29) is 5.91 Å². The molecule has 1 aliphatic rings. The van der Waals surface area contributed by atoms with E-state index < -0.39 is 0 Å². The molecule has 1 aliphatic carbocycles. The van der Waals surface area contributed by atoms with E-state index in [1.165, 1.54) is 11.1 Å². The van der Waals surface area contributed by atoms with E-state index >= 15 is 0 Å². The van der Waals surface area contributed by atoms with Gasteiger partial charge in [-0.3, -0.25) is 4.79 Å². The molecule has 108 valence electrons. The number of aryl methyl sites for hydroxylation is 2. The molecular formula is C17H18N2OS. The average Bonchev–Trinajstić information content (AvgIpc) is 3.27. The van der Waals surface area contributed by atoms with Crippen LogP contribution in [0.2, 0.25) is 0 Å². The Hall–Kier alpha value is -1.81. The van der Waals surface area contributed by atoms with Crippen molar-refractivity contribution in [2.24, 2.45) is 0 Å². The molecule has 0 radical (unpaired) electrons. The van der Waals surface area contributed by atoms with Gasteiger partial charge in [-0.2, -0.15) is 0 Å². The average molecular weight is 298 g/mol. The van der Waals surface area contributed by atoms with Crippen LogP contribution in [-0.4, -0.2) is 16.9 Å². The van der Waals surface area contributed by atoms with Crippen LogP contribution in [0.5, 0.6) is 0 Å². The van der Waals surface area contributed by atoms with Gasteiger partial charge in [0.05, 0.1) is 5.56 Å². The molecule has 1 aromatic heterocycles. The van der Waals surface area contributed by atoms with Crippen LogP contribution < -0.4 is 5.32 Å². The number of nitrogens with zero attached hydrogens (tertiary/aromatic N) is 1. The van der Waals surface area contributed by atoms with Crippen molar-refractivity contribution in [3.8, 4) is 0 Å². The van der Waals surface area contributed by atoms with Gasteiger partial charge in [0.15, 0.2) is 0 Å². The van der Waals surface area contributed by atoms with Crippen LogP contribution in [0.25, 0.3) is 0 Å². The molecule has 0 atom stereocenters. The SMILES string of the molecule is Cc1ccc(Sc2ncccc2C(=O)NC2CC2)cc1C. The Balaban J connectivity index is 1.83. The number of amides is 1. The van der Waals surface area contributed by atoms with Crippen LogP contribution in [-0.2, 0) is 0 Å². The maximum Gasteiger partial charge on any atom is 0.254 e. The fourth-order valence-electron chi connectivity index (χ4n) is 2.02. The summed E-state index contributed by atoms with van der Waals surface area (Å²) in [6.45, 7) is 4.19. The van der Waals surface area contributed by atoms with Gasteiger partial charge in [-0.15, -0.1) is 0 Å². The fourth-order valence-corrected chi connectivity index (χ4v) is 3.00. The Morgan fingerprint density at radius 3 is 2.76 bits per heavy atom. The molecule has 0 spiro atoms. The summed E-state index contributed by atoms with van der Waals surface area (Å²) in [5.74, 6) is -0.0167. The van der Waals surface area contributed by atoms with Gasteiger partial charge in [-0.25, -0.2) is 4.98 Å². The molecule has 3 nitrogen and oxygen atoms in total. The van der Waals surface area contributed by atoms with Gasteiger partial charge < -0.3 is 5.32 Å². The largest absolute Gasteiger partial charge is 0.349 e. The number of hydrogen-bond acceptors (Lipinski definition) is 3. The lowest BCUT2D eigenvalue weighted by Gasteiger charge is -2.09. The number of carbonyl (C=O) groups is 1. The van der Waals surface area contributed by atoms with Crippen molar-refractivity contribution in [2.75, 3.05) is 0 Å². The lowest BCUT2D eigenvalue weighted by atomic mass is 10.1. The van der Waals surface area contributed by atoms with Crippen LogP contribution in [0.4, 0.5) is 0 Å². The van der Waals surface area contributed by atoms with Gasteiger partial charge in [-0.1, -0.05) is 17.8 Å². The molecule has 4 heteroatoms. The topological polar surface area (TPSA) is 42.0 Å². The molecule has 0 aliphatic heterocycles. The number of carbonyl (C=O) groups excluding carboxylic acids is 1. The summed E-state index contributed by atoms with van der Waals surface area (Å²) in [5, 5.41) is 3.79. The Bertz CT molecular complexity index is 680. The summed E-state index contributed by atoms with van der Waals surface area (Å²) in [7, 11) is 0. The Kier molecular flexibility index (Phi) is 3.97. The molecule has 1 amide bonds. The van der Waals surface area contributed by atoms with Crippen LogP contribution >= 0.6 is 11.8 Å².